The van der Waals surface area contributed by atoms with Crippen LogP contribution in [0.15, 0.2) is 30.5 Å². The molecule has 1 N–H and O–H groups in total. The zero-order chi connectivity index (χ0) is 16.2. The predicted molar refractivity (Wildman–Crippen MR) is 87.6 cm³/mol. The van der Waals surface area contributed by atoms with Crippen molar-refractivity contribution in [2.75, 3.05) is 20.2 Å². The molecule has 23 heavy (non-hydrogen) atoms. The van der Waals surface area contributed by atoms with Crippen molar-refractivity contribution in [1.82, 2.24) is 15.1 Å². The van der Waals surface area contributed by atoms with E-state index in [1.807, 2.05) is 25.3 Å². The van der Waals surface area contributed by atoms with Gasteiger partial charge in [-0.15, -0.1) is 0 Å². The van der Waals surface area contributed by atoms with E-state index < -0.39 is 0 Å². The lowest BCUT2D eigenvalue weighted by Gasteiger charge is -2.38. The topological polar surface area (TPSA) is 41.1 Å². The smallest absolute Gasteiger partial charge is 0.126 e. The van der Waals surface area contributed by atoms with E-state index in [9.17, 15) is 4.39 Å². The number of halogens is 1. The molecule has 0 aliphatic carbocycles. The third kappa shape index (κ3) is 3.79. The van der Waals surface area contributed by atoms with E-state index in [4.69, 9.17) is 4.74 Å². The van der Waals surface area contributed by atoms with Crippen LogP contribution < -0.4 is 0 Å². The maximum Gasteiger partial charge on any atom is 0.126 e. The number of aryl methyl sites for hydroxylation is 1. The van der Waals surface area contributed by atoms with Gasteiger partial charge in [0.15, 0.2) is 0 Å². The van der Waals surface area contributed by atoms with E-state index in [2.05, 4.69) is 15.1 Å². The first-order valence-electron chi connectivity index (χ1n) is 8.14. The van der Waals surface area contributed by atoms with Crippen molar-refractivity contribution in [3.63, 3.8) is 0 Å². The fourth-order valence-corrected chi connectivity index (χ4v) is 3.46. The molecule has 1 saturated heterocycles. The average molecular weight is 317 g/mol. The van der Waals surface area contributed by atoms with Crippen molar-refractivity contribution < 1.29 is 9.13 Å². The highest BCUT2D eigenvalue weighted by atomic mass is 19.1. The van der Waals surface area contributed by atoms with Crippen molar-refractivity contribution in [2.45, 2.75) is 32.4 Å². The van der Waals surface area contributed by atoms with Crippen LogP contribution in [0.3, 0.4) is 0 Å². The maximum atomic E-state index is 14.0. The van der Waals surface area contributed by atoms with Crippen LogP contribution in [0.25, 0.3) is 0 Å². The van der Waals surface area contributed by atoms with Gasteiger partial charge in [0.25, 0.3) is 0 Å². The molecule has 1 aliphatic heterocycles. The molecule has 1 aromatic heterocycles. The molecular weight excluding hydrogens is 293 g/mol. The van der Waals surface area contributed by atoms with Gasteiger partial charge in [-0.05, 0) is 31.4 Å². The van der Waals surface area contributed by atoms with Gasteiger partial charge in [0.2, 0.25) is 0 Å². The van der Waals surface area contributed by atoms with Crippen molar-refractivity contribution in [3.8, 4) is 0 Å². The Balaban J connectivity index is 1.69. The Morgan fingerprint density at radius 2 is 2.17 bits per heavy atom. The fraction of sp³-hybridized carbons (Fsp3) is 0.500. The molecule has 2 atom stereocenters. The van der Waals surface area contributed by atoms with Crippen LogP contribution in [0.5, 0.6) is 0 Å². The Morgan fingerprint density at radius 3 is 2.87 bits per heavy atom. The van der Waals surface area contributed by atoms with Gasteiger partial charge in [-0.3, -0.25) is 10.00 Å². The lowest BCUT2D eigenvalue weighted by molar-refractivity contribution is -0.00876. The Labute approximate surface area is 136 Å². The third-order valence-electron chi connectivity index (χ3n) is 4.82. The van der Waals surface area contributed by atoms with Crippen LogP contribution in [-0.4, -0.2) is 41.4 Å². The Morgan fingerprint density at radius 1 is 1.35 bits per heavy atom. The summed E-state index contributed by atoms with van der Waals surface area (Å²) in [5, 5.41) is 7.08. The normalized spacial score (nSPS) is 22.4. The molecule has 1 aromatic carbocycles. The molecule has 0 spiro atoms. The molecule has 0 radical (unpaired) electrons. The second kappa shape index (κ2) is 7.23. The number of methoxy groups -OCH3 is 1. The lowest BCUT2D eigenvalue weighted by Crippen LogP contribution is -2.44. The summed E-state index contributed by atoms with van der Waals surface area (Å²) in [4.78, 5) is 2.42. The molecule has 0 bridgehead atoms. The van der Waals surface area contributed by atoms with Gasteiger partial charge < -0.3 is 4.74 Å². The van der Waals surface area contributed by atoms with Crippen LogP contribution in [-0.2, 0) is 17.7 Å². The van der Waals surface area contributed by atoms with E-state index >= 15 is 0 Å². The van der Waals surface area contributed by atoms with Crippen LogP contribution in [0.2, 0.25) is 0 Å². The van der Waals surface area contributed by atoms with E-state index in [1.54, 1.807) is 13.2 Å². The first-order chi connectivity index (χ1) is 11.2. The number of aromatic nitrogens is 2. The lowest BCUT2D eigenvalue weighted by atomic mass is 9.88. The third-order valence-corrected chi connectivity index (χ3v) is 4.82. The summed E-state index contributed by atoms with van der Waals surface area (Å²) < 4.78 is 19.6. The van der Waals surface area contributed by atoms with Crippen molar-refractivity contribution in [1.29, 1.82) is 0 Å². The largest absolute Gasteiger partial charge is 0.381 e. The van der Waals surface area contributed by atoms with Gasteiger partial charge in [0, 0.05) is 43.9 Å². The van der Waals surface area contributed by atoms with Gasteiger partial charge in [-0.1, -0.05) is 18.2 Å². The molecule has 4 nitrogen and oxygen atoms in total. The highest BCUT2D eigenvalue weighted by molar-refractivity contribution is 5.19. The van der Waals surface area contributed by atoms with Crippen LogP contribution in [0.1, 0.15) is 23.2 Å². The minimum Gasteiger partial charge on any atom is -0.381 e. The zero-order valence-electron chi connectivity index (χ0n) is 13.8. The van der Waals surface area contributed by atoms with Crippen molar-refractivity contribution >= 4 is 0 Å². The number of rotatable bonds is 5. The highest BCUT2D eigenvalue weighted by Gasteiger charge is 2.30. The zero-order valence-corrected chi connectivity index (χ0v) is 13.8. The number of nitrogens with one attached hydrogen (secondary N) is 1. The standard InChI is InChI=1S/C18H24FN3O/c1-13-16(10-20-21-13)12-22-8-7-18(23-2)15(11-22)9-14-5-3-4-6-17(14)19/h3-6,10,15,18H,7-9,11-12H2,1-2H3,(H,20,21)/t15-,18+/m1/s1. The molecule has 1 aliphatic rings. The predicted octanol–water partition coefficient (Wildman–Crippen LogP) is 2.94. The summed E-state index contributed by atoms with van der Waals surface area (Å²) in [6.07, 6.45) is 3.78. The summed E-state index contributed by atoms with van der Waals surface area (Å²) in [6, 6.07) is 7.05. The van der Waals surface area contributed by atoms with E-state index in [1.165, 1.54) is 11.6 Å². The quantitative estimate of drug-likeness (QED) is 0.922. The molecule has 0 saturated carbocycles. The summed E-state index contributed by atoms with van der Waals surface area (Å²) in [5.74, 6) is 0.183. The number of nitrogens with zero attached hydrogens (tertiary/aromatic N) is 2. The van der Waals surface area contributed by atoms with Gasteiger partial charge in [0.05, 0.1) is 12.3 Å². The minimum absolute atomic E-state index is 0.120. The first-order valence-corrected chi connectivity index (χ1v) is 8.14. The maximum absolute atomic E-state index is 14.0. The minimum atomic E-state index is -0.120. The molecule has 124 valence electrons. The van der Waals surface area contributed by atoms with Gasteiger partial charge in [-0.25, -0.2) is 4.39 Å². The summed E-state index contributed by atoms with van der Waals surface area (Å²) in [7, 11) is 1.76. The van der Waals surface area contributed by atoms with Crippen LogP contribution in [0, 0.1) is 18.7 Å². The van der Waals surface area contributed by atoms with Crippen LogP contribution in [0.4, 0.5) is 4.39 Å². The summed E-state index contributed by atoms with van der Waals surface area (Å²) >= 11 is 0. The van der Waals surface area contributed by atoms with Gasteiger partial charge in [0.1, 0.15) is 5.82 Å². The highest BCUT2D eigenvalue weighted by Crippen LogP contribution is 2.26. The average Bonchev–Trinajstić information content (AvgIpc) is 2.95. The van der Waals surface area contributed by atoms with Crippen LogP contribution >= 0.6 is 0 Å². The van der Waals surface area contributed by atoms with Crippen molar-refractivity contribution in [2.24, 2.45) is 5.92 Å². The van der Waals surface area contributed by atoms with Gasteiger partial charge >= 0.3 is 0 Å². The number of H-pyrrole nitrogens is 1. The fourth-order valence-electron chi connectivity index (χ4n) is 3.46. The number of likely N-dealkylation sites (tertiary alicyclic amines) is 1. The number of hydrogen-bond acceptors (Lipinski definition) is 3. The Bertz CT molecular complexity index is 643. The summed E-state index contributed by atoms with van der Waals surface area (Å²) in [6.45, 7) is 4.84. The molecule has 2 aromatic rings. The number of hydrogen-bond donors (Lipinski definition) is 1. The monoisotopic (exact) mass is 317 g/mol. The molecule has 2 heterocycles. The molecule has 3 rings (SSSR count). The molecule has 1 fully saturated rings. The Kier molecular flexibility index (Phi) is 5.08. The van der Waals surface area contributed by atoms with E-state index in [0.29, 0.717) is 12.3 Å². The molecule has 0 unspecified atom stereocenters. The van der Waals surface area contributed by atoms with E-state index in [0.717, 1.165) is 37.3 Å². The second-order valence-electron chi connectivity index (χ2n) is 6.37. The number of piperidine rings is 1. The summed E-state index contributed by atoms with van der Waals surface area (Å²) in [5.41, 5.74) is 3.12. The van der Waals surface area contributed by atoms with Gasteiger partial charge in [-0.2, -0.15) is 5.10 Å². The second-order valence-corrected chi connectivity index (χ2v) is 6.37. The number of aromatic amines is 1. The first kappa shape index (κ1) is 16.1. The molecular formula is C18H24FN3O. The number of ether oxygens (including phenoxy) is 1. The number of benzene rings is 1. The molecule has 0 amide bonds. The van der Waals surface area contributed by atoms with Crippen molar-refractivity contribution in [3.05, 3.63) is 53.1 Å². The van der Waals surface area contributed by atoms with E-state index in [-0.39, 0.29) is 11.9 Å². The SMILES string of the molecule is CO[C@H]1CCN(Cc2cn[nH]c2C)C[C@H]1Cc1ccccc1F. The molecule has 5 heteroatoms. The Hall–Kier alpha value is -1.72.